The largest absolute Gasteiger partial charge is 0.443 e. The molecule has 0 saturated carbocycles. The fourth-order valence-electron chi connectivity index (χ4n) is 4.75. The van der Waals surface area contributed by atoms with Crippen LogP contribution in [0.5, 0.6) is 0 Å². The molecule has 0 unspecified atom stereocenters. The molecule has 10 heteroatoms. The SMILES string of the molecule is O=C1CSc2ccc(N3C[C@@H](CNC[C@H]4Cn5c(=O)cnc6cccc4c65)OC3=O)cc2N1. The highest BCUT2D eigenvalue weighted by Gasteiger charge is 2.33. The van der Waals surface area contributed by atoms with E-state index < -0.39 is 6.09 Å². The Morgan fingerprint density at radius 3 is 2.97 bits per heavy atom. The molecule has 0 bridgehead atoms. The summed E-state index contributed by atoms with van der Waals surface area (Å²) in [7, 11) is 0. The van der Waals surface area contributed by atoms with E-state index in [9.17, 15) is 14.4 Å². The number of para-hydroxylation sites is 1. The molecule has 3 aliphatic heterocycles. The summed E-state index contributed by atoms with van der Waals surface area (Å²) in [5.74, 6) is 0.511. The lowest BCUT2D eigenvalue weighted by Crippen LogP contribution is -2.33. The van der Waals surface area contributed by atoms with Crippen LogP contribution in [-0.2, 0) is 16.1 Å². The number of ether oxygens (including phenoxy) is 1. The van der Waals surface area contributed by atoms with Gasteiger partial charge in [-0.2, -0.15) is 0 Å². The maximum Gasteiger partial charge on any atom is 0.414 e. The molecule has 0 aliphatic carbocycles. The van der Waals surface area contributed by atoms with Crippen LogP contribution in [0.25, 0.3) is 11.0 Å². The van der Waals surface area contributed by atoms with Crippen LogP contribution in [0.2, 0.25) is 0 Å². The van der Waals surface area contributed by atoms with Gasteiger partial charge in [-0.3, -0.25) is 14.5 Å². The van der Waals surface area contributed by atoms with Crippen LogP contribution in [0.15, 0.2) is 52.3 Å². The number of amides is 2. The topological polar surface area (TPSA) is 106 Å². The van der Waals surface area contributed by atoms with Crippen molar-refractivity contribution in [1.29, 1.82) is 0 Å². The van der Waals surface area contributed by atoms with Gasteiger partial charge in [-0.05, 0) is 29.8 Å². The minimum atomic E-state index is -0.396. The molecule has 1 saturated heterocycles. The van der Waals surface area contributed by atoms with Gasteiger partial charge in [0.1, 0.15) is 6.10 Å². The molecule has 168 valence electrons. The molecule has 2 amide bonds. The Kier molecular flexibility index (Phi) is 4.84. The Morgan fingerprint density at radius 2 is 2.06 bits per heavy atom. The zero-order valence-corrected chi connectivity index (χ0v) is 18.4. The van der Waals surface area contributed by atoms with Gasteiger partial charge >= 0.3 is 6.09 Å². The standard InChI is InChI=1S/C23H21N5O4S/c29-20-12-33-19-5-4-14(6-18(19)26-20)27-11-15(32-23(27)31)8-24-7-13-10-28-21(30)9-25-17-3-1-2-16(13)22(17)28/h1-6,9,13,15,24H,7-8,10-12H2,(H,26,29)/t13-,15+/m0/s1. The van der Waals surface area contributed by atoms with E-state index in [2.05, 4.69) is 15.6 Å². The third kappa shape index (κ3) is 3.55. The van der Waals surface area contributed by atoms with Crippen LogP contribution < -0.4 is 21.1 Å². The summed E-state index contributed by atoms with van der Waals surface area (Å²) in [5, 5.41) is 6.27. The van der Waals surface area contributed by atoms with E-state index in [0.717, 1.165) is 27.2 Å². The zero-order chi connectivity index (χ0) is 22.5. The first-order valence-electron chi connectivity index (χ1n) is 10.8. The quantitative estimate of drug-likeness (QED) is 0.597. The van der Waals surface area contributed by atoms with Crippen molar-refractivity contribution in [2.75, 3.05) is 35.6 Å². The van der Waals surface area contributed by atoms with Gasteiger partial charge in [0.25, 0.3) is 5.56 Å². The lowest BCUT2D eigenvalue weighted by molar-refractivity contribution is -0.113. The molecule has 33 heavy (non-hydrogen) atoms. The van der Waals surface area contributed by atoms with Crippen molar-refractivity contribution in [1.82, 2.24) is 14.9 Å². The van der Waals surface area contributed by atoms with Crippen LogP contribution in [0.4, 0.5) is 16.2 Å². The van der Waals surface area contributed by atoms with Gasteiger partial charge in [-0.15, -0.1) is 11.8 Å². The second kappa shape index (κ2) is 7.89. The number of nitrogens with one attached hydrogen (secondary N) is 2. The molecule has 9 nitrogen and oxygen atoms in total. The third-order valence-electron chi connectivity index (χ3n) is 6.28. The van der Waals surface area contributed by atoms with Crippen LogP contribution >= 0.6 is 11.8 Å². The van der Waals surface area contributed by atoms with Gasteiger partial charge in [-0.25, -0.2) is 9.78 Å². The van der Waals surface area contributed by atoms with Crippen LogP contribution in [0, 0.1) is 0 Å². The lowest BCUT2D eigenvalue weighted by Gasteiger charge is -2.20. The molecule has 0 radical (unpaired) electrons. The first-order valence-corrected chi connectivity index (χ1v) is 11.8. The molecule has 0 spiro atoms. The average molecular weight is 464 g/mol. The smallest absolute Gasteiger partial charge is 0.414 e. The second-order valence-electron chi connectivity index (χ2n) is 8.41. The van der Waals surface area contributed by atoms with Gasteiger partial charge < -0.3 is 19.9 Å². The average Bonchev–Trinajstić information content (AvgIpc) is 3.38. The van der Waals surface area contributed by atoms with Crippen molar-refractivity contribution in [2.45, 2.75) is 23.5 Å². The highest BCUT2D eigenvalue weighted by molar-refractivity contribution is 8.00. The fourth-order valence-corrected chi connectivity index (χ4v) is 5.54. The second-order valence-corrected chi connectivity index (χ2v) is 9.43. The van der Waals surface area contributed by atoms with Crippen molar-refractivity contribution in [3.8, 4) is 0 Å². The summed E-state index contributed by atoms with van der Waals surface area (Å²) >= 11 is 1.49. The molecule has 2 atom stereocenters. The Bertz CT molecular complexity index is 1360. The summed E-state index contributed by atoms with van der Waals surface area (Å²) < 4.78 is 7.35. The Hall–Kier alpha value is -3.37. The molecular weight excluding hydrogens is 442 g/mol. The van der Waals surface area contributed by atoms with Crippen molar-refractivity contribution < 1.29 is 14.3 Å². The number of carbonyl (C=O) groups is 2. The highest BCUT2D eigenvalue weighted by atomic mass is 32.2. The third-order valence-corrected chi connectivity index (χ3v) is 7.36. The number of aromatic nitrogens is 2. The number of hydrogen-bond donors (Lipinski definition) is 2. The Morgan fingerprint density at radius 1 is 1.15 bits per heavy atom. The monoisotopic (exact) mass is 463 g/mol. The Balaban J connectivity index is 1.10. The van der Waals surface area contributed by atoms with Crippen LogP contribution in [0.1, 0.15) is 11.5 Å². The van der Waals surface area contributed by atoms with Gasteiger partial charge in [0.2, 0.25) is 5.91 Å². The molecule has 3 aliphatic rings. The van der Waals surface area contributed by atoms with E-state index >= 15 is 0 Å². The molecule has 3 aromatic rings. The normalized spacial score (nSPS) is 21.3. The number of fused-ring (bicyclic) bond motifs is 1. The molecule has 2 aromatic carbocycles. The number of anilines is 2. The molecule has 1 aromatic heterocycles. The number of thioether (sulfide) groups is 1. The van der Waals surface area contributed by atoms with E-state index in [-0.39, 0.29) is 23.5 Å². The summed E-state index contributed by atoms with van der Waals surface area (Å²) in [6.45, 7) is 2.21. The maximum absolute atomic E-state index is 12.5. The molecular formula is C23H21N5O4S. The van der Waals surface area contributed by atoms with Crippen molar-refractivity contribution >= 4 is 46.2 Å². The number of cyclic esters (lactones) is 1. The first kappa shape index (κ1) is 20.3. The number of nitrogens with zero attached hydrogens (tertiary/aromatic N) is 3. The summed E-state index contributed by atoms with van der Waals surface area (Å²) in [6.07, 6.45) is 0.688. The van der Waals surface area contributed by atoms with Gasteiger partial charge in [-0.1, -0.05) is 12.1 Å². The number of benzene rings is 2. The minimum absolute atomic E-state index is 0.0430. The van der Waals surface area contributed by atoms with Crippen LogP contribution in [0.3, 0.4) is 0 Å². The molecule has 6 rings (SSSR count). The molecule has 2 N–H and O–H groups in total. The summed E-state index contributed by atoms with van der Waals surface area (Å²) in [6, 6.07) is 11.5. The van der Waals surface area contributed by atoms with E-state index in [4.69, 9.17) is 4.74 Å². The molecule has 4 heterocycles. The van der Waals surface area contributed by atoms with Crippen LogP contribution in [-0.4, -0.2) is 53.0 Å². The summed E-state index contributed by atoms with van der Waals surface area (Å²) in [4.78, 5) is 43.2. The minimum Gasteiger partial charge on any atom is -0.443 e. The predicted molar refractivity (Wildman–Crippen MR) is 125 cm³/mol. The van der Waals surface area contributed by atoms with E-state index in [1.807, 2.05) is 36.4 Å². The van der Waals surface area contributed by atoms with E-state index in [1.54, 1.807) is 9.47 Å². The number of hydrogen-bond acceptors (Lipinski definition) is 7. The van der Waals surface area contributed by atoms with Gasteiger partial charge in [0.15, 0.2) is 0 Å². The fraction of sp³-hybridized carbons (Fsp3) is 0.304. The number of carbonyl (C=O) groups excluding carboxylic acids is 2. The van der Waals surface area contributed by atoms with Gasteiger partial charge in [0, 0.05) is 36.1 Å². The van der Waals surface area contributed by atoms with Crippen molar-refractivity contribution in [2.24, 2.45) is 0 Å². The Labute approximate surface area is 193 Å². The zero-order valence-electron chi connectivity index (χ0n) is 17.6. The summed E-state index contributed by atoms with van der Waals surface area (Å²) in [5.41, 5.74) is 4.20. The van der Waals surface area contributed by atoms with Crippen molar-refractivity contribution in [3.05, 3.63) is 58.5 Å². The number of rotatable bonds is 5. The van der Waals surface area contributed by atoms with Gasteiger partial charge in [0.05, 0.1) is 35.2 Å². The lowest BCUT2D eigenvalue weighted by atomic mass is 10.0. The van der Waals surface area contributed by atoms with Crippen molar-refractivity contribution in [3.63, 3.8) is 0 Å². The molecule has 1 fully saturated rings. The predicted octanol–water partition coefficient (Wildman–Crippen LogP) is 2.15. The van der Waals surface area contributed by atoms with E-state index in [1.165, 1.54) is 18.0 Å². The first-order chi connectivity index (χ1) is 16.1. The maximum atomic E-state index is 12.5. The highest BCUT2D eigenvalue weighted by Crippen LogP contribution is 2.35. The van der Waals surface area contributed by atoms with E-state index in [0.29, 0.717) is 37.6 Å².